The third kappa shape index (κ3) is 3.55. The largest absolute Gasteiger partial charge is 0.495 e. The number of carbonyl (C=O) groups is 1. The molecule has 106 valence electrons. The highest BCUT2D eigenvalue weighted by molar-refractivity contribution is 5.93. The molecule has 7 heteroatoms. The molecule has 0 saturated carbocycles. The van der Waals surface area contributed by atoms with Gasteiger partial charge in [-0.1, -0.05) is 12.1 Å². The number of rotatable bonds is 6. The van der Waals surface area contributed by atoms with Gasteiger partial charge in [-0.2, -0.15) is 0 Å². The molecule has 0 aliphatic rings. The second-order valence-corrected chi connectivity index (χ2v) is 4.21. The number of hydrogen-bond donors (Lipinski definition) is 2. The van der Waals surface area contributed by atoms with Crippen LogP contribution in [-0.2, 0) is 18.4 Å². The van der Waals surface area contributed by atoms with Crippen LogP contribution in [0.4, 0.5) is 5.69 Å². The van der Waals surface area contributed by atoms with Crippen molar-refractivity contribution in [1.29, 1.82) is 0 Å². The fourth-order valence-electron chi connectivity index (χ4n) is 1.70. The molecular weight excluding hydrogens is 258 g/mol. The van der Waals surface area contributed by atoms with Crippen LogP contribution in [0.1, 0.15) is 5.82 Å². The zero-order valence-corrected chi connectivity index (χ0v) is 11.5. The number of ether oxygens (including phenoxy) is 1. The molecular formula is C13H17N5O2. The molecule has 7 nitrogen and oxygen atoms in total. The predicted molar refractivity (Wildman–Crippen MR) is 74.3 cm³/mol. The Balaban J connectivity index is 1.82. The van der Waals surface area contributed by atoms with E-state index in [0.29, 0.717) is 18.0 Å². The first-order valence-corrected chi connectivity index (χ1v) is 6.17. The molecule has 0 unspecified atom stereocenters. The van der Waals surface area contributed by atoms with Crippen LogP contribution in [0, 0.1) is 0 Å². The summed E-state index contributed by atoms with van der Waals surface area (Å²) in [6, 6.07) is 7.27. The molecule has 1 aromatic heterocycles. The maximum atomic E-state index is 11.8. The summed E-state index contributed by atoms with van der Waals surface area (Å²) >= 11 is 0. The molecule has 0 radical (unpaired) electrons. The first-order valence-electron chi connectivity index (χ1n) is 6.17. The van der Waals surface area contributed by atoms with Gasteiger partial charge >= 0.3 is 0 Å². The first-order chi connectivity index (χ1) is 9.70. The molecule has 0 spiro atoms. The van der Waals surface area contributed by atoms with Gasteiger partial charge in [0.1, 0.15) is 17.9 Å². The summed E-state index contributed by atoms with van der Waals surface area (Å²) in [6.45, 7) is 0.667. The number of anilines is 1. The van der Waals surface area contributed by atoms with E-state index in [4.69, 9.17) is 4.74 Å². The number of benzene rings is 1. The number of methoxy groups -OCH3 is 1. The molecule has 1 amide bonds. The van der Waals surface area contributed by atoms with Crippen LogP contribution in [0.15, 0.2) is 30.6 Å². The summed E-state index contributed by atoms with van der Waals surface area (Å²) in [5, 5.41) is 13.5. The van der Waals surface area contributed by atoms with Crippen molar-refractivity contribution in [3.63, 3.8) is 0 Å². The van der Waals surface area contributed by atoms with Gasteiger partial charge in [0, 0.05) is 7.05 Å². The second-order valence-electron chi connectivity index (χ2n) is 4.21. The number of amides is 1. The highest BCUT2D eigenvalue weighted by Gasteiger charge is 2.07. The van der Waals surface area contributed by atoms with E-state index < -0.39 is 0 Å². The zero-order chi connectivity index (χ0) is 14.4. The van der Waals surface area contributed by atoms with E-state index in [1.54, 1.807) is 30.1 Å². The fraction of sp³-hybridized carbons (Fsp3) is 0.308. The Bertz CT molecular complexity index is 582. The lowest BCUT2D eigenvalue weighted by Gasteiger charge is -2.10. The Labute approximate surface area is 117 Å². The minimum absolute atomic E-state index is 0.142. The van der Waals surface area contributed by atoms with Gasteiger partial charge < -0.3 is 19.9 Å². The summed E-state index contributed by atoms with van der Waals surface area (Å²) in [5.41, 5.74) is 0.653. The van der Waals surface area contributed by atoms with Crippen LogP contribution in [0.2, 0.25) is 0 Å². The lowest BCUT2D eigenvalue weighted by molar-refractivity contribution is -0.115. The molecule has 0 fully saturated rings. The number of nitrogens with one attached hydrogen (secondary N) is 2. The molecule has 2 aromatic rings. The van der Waals surface area contributed by atoms with Crippen molar-refractivity contribution < 1.29 is 9.53 Å². The van der Waals surface area contributed by atoms with E-state index >= 15 is 0 Å². The number of aryl methyl sites for hydroxylation is 1. The maximum absolute atomic E-state index is 11.8. The molecule has 0 aliphatic carbocycles. The van der Waals surface area contributed by atoms with Gasteiger partial charge in [0.2, 0.25) is 5.91 Å². The minimum Gasteiger partial charge on any atom is -0.495 e. The average molecular weight is 275 g/mol. The van der Waals surface area contributed by atoms with Crippen molar-refractivity contribution in [3.05, 3.63) is 36.4 Å². The van der Waals surface area contributed by atoms with Gasteiger partial charge in [0.15, 0.2) is 0 Å². The van der Waals surface area contributed by atoms with Crippen LogP contribution >= 0.6 is 0 Å². The van der Waals surface area contributed by atoms with Crippen molar-refractivity contribution >= 4 is 11.6 Å². The molecule has 0 atom stereocenters. The van der Waals surface area contributed by atoms with Crippen molar-refractivity contribution in [2.24, 2.45) is 7.05 Å². The van der Waals surface area contributed by atoms with E-state index in [1.165, 1.54) is 0 Å². The number of aromatic nitrogens is 3. The summed E-state index contributed by atoms with van der Waals surface area (Å²) in [4.78, 5) is 11.8. The molecule has 2 N–H and O–H groups in total. The SMILES string of the molecule is COc1ccccc1NC(=O)CNCc1nncn1C. The van der Waals surface area contributed by atoms with Gasteiger partial charge in [-0.25, -0.2) is 0 Å². The van der Waals surface area contributed by atoms with Gasteiger partial charge in [0.25, 0.3) is 0 Å². The summed E-state index contributed by atoms with van der Waals surface area (Å²) in [5.74, 6) is 1.26. The maximum Gasteiger partial charge on any atom is 0.238 e. The fourth-order valence-corrected chi connectivity index (χ4v) is 1.70. The van der Waals surface area contributed by atoms with Crippen molar-refractivity contribution in [2.45, 2.75) is 6.54 Å². The lowest BCUT2D eigenvalue weighted by Crippen LogP contribution is -2.28. The second kappa shape index (κ2) is 6.67. The third-order valence-corrected chi connectivity index (χ3v) is 2.75. The molecule has 0 bridgehead atoms. The topological polar surface area (TPSA) is 81.1 Å². The van der Waals surface area contributed by atoms with Crippen LogP contribution < -0.4 is 15.4 Å². The molecule has 0 aliphatic heterocycles. The normalized spacial score (nSPS) is 10.3. The van der Waals surface area contributed by atoms with Crippen molar-refractivity contribution in [2.75, 3.05) is 19.0 Å². The number of hydrogen-bond acceptors (Lipinski definition) is 5. The molecule has 1 aromatic carbocycles. The van der Waals surface area contributed by atoms with Crippen LogP contribution in [0.5, 0.6) is 5.75 Å². The molecule has 0 saturated heterocycles. The van der Waals surface area contributed by atoms with Crippen molar-refractivity contribution in [3.8, 4) is 5.75 Å². The van der Waals surface area contributed by atoms with Crippen LogP contribution in [0.25, 0.3) is 0 Å². The average Bonchev–Trinajstić information content (AvgIpc) is 2.85. The Morgan fingerprint density at radius 2 is 2.20 bits per heavy atom. The van der Waals surface area contributed by atoms with E-state index in [9.17, 15) is 4.79 Å². The highest BCUT2D eigenvalue weighted by atomic mass is 16.5. The Morgan fingerprint density at radius 1 is 1.40 bits per heavy atom. The molecule has 2 rings (SSSR count). The van der Waals surface area contributed by atoms with Crippen LogP contribution in [-0.4, -0.2) is 34.3 Å². The van der Waals surface area contributed by atoms with E-state index in [2.05, 4.69) is 20.8 Å². The van der Waals surface area contributed by atoms with E-state index in [0.717, 1.165) is 5.82 Å². The monoisotopic (exact) mass is 275 g/mol. The van der Waals surface area contributed by atoms with Crippen LogP contribution in [0.3, 0.4) is 0 Å². The van der Waals surface area contributed by atoms with E-state index in [1.807, 2.05) is 19.2 Å². The van der Waals surface area contributed by atoms with Gasteiger partial charge in [0.05, 0.1) is 25.9 Å². The Hall–Kier alpha value is -2.41. The zero-order valence-electron chi connectivity index (χ0n) is 11.5. The van der Waals surface area contributed by atoms with Gasteiger partial charge in [-0.05, 0) is 12.1 Å². The summed E-state index contributed by atoms with van der Waals surface area (Å²) < 4.78 is 6.97. The van der Waals surface area contributed by atoms with Gasteiger partial charge in [-0.3, -0.25) is 4.79 Å². The Morgan fingerprint density at radius 3 is 2.90 bits per heavy atom. The molecule has 1 heterocycles. The predicted octanol–water partition coefficient (Wildman–Crippen LogP) is 0.552. The number of carbonyl (C=O) groups excluding carboxylic acids is 1. The minimum atomic E-state index is -0.142. The molecule has 20 heavy (non-hydrogen) atoms. The number of nitrogens with zero attached hydrogens (tertiary/aromatic N) is 3. The third-order valence-electron chi connectivity index (χ3n) is 2.75. The van der Waals surface area contributed by atoms with Crippen molar-refractivity contribution in [1.82, 2.24) is 20.1 Å². The van der Waals surface area contributed by atoms with Gasteiger partial charge in [-0.15, -0.1) is 10.2 Å². The van der Waals surface area contributed by atoms with E-state index in [-0.39, 0.29) is 12.5 Å². The summed E-state index contributed by atoms with van der Waals surface area (Å²) in [6.07, 6.45) is 1.62. The summed E-state index contributed by atoms with van der Waals surface area (Å²) in [7, 11) is 3.42. The number of para-hydroxylation sites is 2. The quantitative estimate of drug-likeness (QED) is 0.804. The highest BCUT2D eigenvalue weighted by Crippen LogP contribution is 2.22. The standard InChI is InChI=1S/C13H17N5O2/c1-18-9-15-17-12(18)7-14-8-13(19)16-10-5-3-4-6-11(10)20-2/h3-6,9,14H,7-8H2,1-2H3,(H,16,19). The first kappa shape index (κ1) is 14.0. The Kier molecular flexibility index (Phi) is 4.67. The lowest BCUT2D eigenvalue weighted by atomic mass is 10.3. The smallest absolute Gasteiger partial charge is 0.238 e.